The maximum atomic E-state index is 11.1. The van der Waals surface area contributed by atoms with Crippen LogP contribution in [0.1, 0.15) is 19.4 Å². The quantitative estimate of drug-likeness (QED) is 0.921. The Labute approximate surface area is 97.2 Å². The van der Waals surface area contributed by atoms with Gasteiger partial charge in [-0.2, -0.15) is 0 Å². The van der Waals surface area contributed by atoms with Gasteiger partial charge in [0.1, 0.15) is 5.75 Å². The summed E-state index contributed by atoms with van der Waals surface area (Å²) in [6, 6.07) is 5.28. The number of methoxy groups -OCH3 is 1. The minimum Gasteiger partial charge on any atom is -0.497 e. The zero-order valence-corrected chi connectivity index (χ0v) is 10.5. The highest BCUT2D eigenvalue weighted by Gasteiger charge is 2.31. The third kappa shape index (κ3) is 2.31. The molecule has 3 nitrogen and oxygen atoms in total. The fourth-order valence-electron chi connectivity index (χ4n) is 1.24. The monoisotopic (exact) mass is 272 g/mol. The van der Waals surface area contributed by atoms with E-state index in [1.54, 1.807) is 39.2 Å². The molecule has 15 heavy (non-hydrogen) atoms. The lowest BCUT2D eigenvalue weighted by Crippen LogP contribution is -2.28. The molecule has 1 rings (SSSR count). The van der Waals surface area contributed by atoms with E-state index < -0.39 is 11.4 Å². The summed E-state index contributed by atoms with van der Waals surface area (Å²) in [7, 11) is 1.57. The maximum absolute atomic E-state index is 11.1. The third-order valence-electron chi connectivity index (χ3n) is 2.38. The second kappa shape index (κ2) is 4.23. The summed E-state index contributed by atoms with van der Waals surface area (Å²) >= 11 is 3.35. The van der Waals surface area contributed by atoms with Crippen molar-refractivity contribution in [3.8, 4) is 5.75 Å². The van der Waals surface area contributed by atoms with Crippen molar-refractivity contribution in [2.24, 2.45) is 0 Å². The topological polar surface area (TPSA) is 46.5 Å². The molecule has 0 amide bonds. The van der Waals surface area contributed by atoms with Crippen LogP contribution in [-0.2, 0) is 10.2 Å². The number of carboxylic acid groups (broad SMARTS) is 1. The van der Waals surface area contributed by atoms with Crippen molar-refractivity contribution in [2.75, 3.05) is 7.11 Å². The number of carboxylic acids is 1. The van der Waals surface area contributed by atoms with Gasteiger partial charge in [-0.1, -0.05) is 22.0 Å². The standard InChI is InChI=1S/C11H13BrO3/c1-11(2,10(13)14)8-5-4-7(15-3)6-9(8)12/h4-6H,1-3H3,(H,13,14). The van der Waals surface area contributed by atoms with E-state index >= 15 is 0 Å². The molecule has 1 aromatic carbocycles. The van der Waals surface area contributed by atoms with Crippen molar-refractivity contribution < 1.29 is 14.6 Å². The Morgan fingerprint density at radius 3 is 2.47 bits per heavy atom. The SMILES string of the molecule is COc1ccc(C(C)(C)C(=O)O)c(Br)c1. The van der Waals surface area contributed by atoms with E-state index in [4.69, 9.17) is 9.84 Å². The summed E-state index contributed by atoms with van der Waals surface area (Å²) in [6.07, 6.45) is 0. The van der Waals surface area contributed by atoms with Gasteiger partial charge < -0.3 is 9.84 Å². The number of benzene rings is 1. The van der Waals surface area contributed by atoms with Crippen LogP contribution in [0.15, 0.2) is 22.7 Å². The summed E-state index contributed by atoms with van der Waals surface area (Å²) in [5.74, 6) is -0.153. The third-order valence-corrected chi connectivity index (χ3v) is 3.04. The molecule has 1 N–H and O–H groups in total. The Bertz CT molecular complexity index is 385. The number of rotatable bonds is 3. The molecule has 0 unspecified atom stereocenters. The number of hydrogen-bond acceptors (Lipinski definition) is 2. The zero-order chi connectivity index (χ0) is 11.6. The van der Waals surface area contributed by atoms with Crippen molar-refractivity contribution in [3.63, 3.8) is 0 Å². The molecular weight excluding hydrogens is 260 g/mol. The smallest absolute Gasteiger partial charge is 0.313 e. The highest BCUT2D eigenvalue weighted by molar-refractivity contribution is 9.10. The van der Waals surface area contributed by atoms with Crippen LogP contribution < -0.4 is 4.74 Å². The molecule has 0 aliphatic carbocycles. The molecule has 0 saturated carbocycles. The van der Waals surface area contributed by atoms with E-state index in [1.165, 1.54) is 0 Å². The first-order valence-electron chi connectivity index (χ1n) is 4.47. The summed E-state index contributed by atoms with van der Waals surface area (Å²) in [5, 5.41) is 9.09. The molecule has 0 heterocycles. The molecule has 0 spiro atoms. The van der Waals surface area contributed by atoms with Crippen LogP contribution in [0.25, 0.3) is 0 Å². The first kappa shape index (κ1) is 12.0. The number of ether oxygens (including phenoxy) is 1. The van der Waals surface area contributed by atoms with Gasteiger partial charge in [-0.3, -0.25) is 4.79 Å². The zero-order valence-electron chi connectivity index (χ0n) is 8.87. The summed E-state index contributed by atoms with van der Waals surface area (Å²) in [4.78, 5) is 11.1. The summed E-state index contributed by atoms with van der Waals surface area (Å²) in [6.45, 7) is 3.34. The average Bonchev–Trinajstić information content (AvgIpc) is 2.16. The Kier molecular flexibility index (Phi) is 3.39. The molecule has 0 aromatic heterocycles. The predicted molar refractivity (Wildman–Crippen MR) is 61.4 cm³/mol. The lowest BCUT2D eigenvalue weighted by molar-refractivity contribution is -0.142. The van der Waals surface area contributed by atoms with Crippen LogP contribution in [0.5, 0.6) is 5.75 Å². The minimum absolute atomic E-state index is 0.701. The van der Waals surface area contributed by atoms with E-state index in [0.29, 0.717) is 5.75 Å². The Hall–Kier alpha value is -1.03. The van der Waals surface area contributed by atoms with Gasteiger partial charge in [-0.05, 0) is 31.5 Å². The van der Waals surface area contributed by atoms with E-state index in [9.17, 15) is 4.79 Å². The van der Waals surface area contributed by atoms with Crippen LogP contribution in [0.4, 0.5) is 0 Å². The molecule has 0 bridgehead atoms. The first-order chi connectivity index (χ1) is 6.89. The Morgan fingerprint density at radius 1 is 1.47 bits per heavy atom. The summed E-state index contributed by atoms with van der Waals surface area (Å²) < 4.78 is 5.79. The molecule has 0 aliphatic rings. The molecule has 0 aliphatic heterocycles. The normalized spacial score (nSPS) is 11.2. The molecule has 82 valence electrons. The predicted octanol–water partition coefficient (Wildman–Crippen LogP) is 2.82. The van der Waals surface area contributed by atoms with Crippen LogP contribution in [0.3, 0.4) is 0 Å². The Morgan fingerprint density at radius 2 is 2.07 bits per heavy atom. The van der Waals surface area contributed by atoms with Gasteiger partial charge in [0.25, 0.3) is 0 Å². The van der Waals surface area contributed by atoms with E-state index in [2.05, 4.69) is 15.9 Å². The largest absolute Gasteiger partial charge is 0.497 e. The van der Waals surface area contributed by atoms with Gasteiger partial charge in [-0.25, -0.2) is 0 Å². The second-order valence-electron chi connectivity index (χ2n) is 3.78. The summed E-state index contributed by atoms with van der Waals surface area (Å²) in [5.41, 5.74) is -0.179. The van der Waals surface area contributed by atoms with E-state index in [-0.39, 0.29) is 0 Å². The maximum Gasteiger partial charge on any atom is 0.313 e. The Balaban J connectivity index is 3.22. The van der Waals surface area contributed by atoms with E-state index in [0.717, 1.165) is 10.0 Å². The van der Waals surface area contributed by atoms with Crippen LogP contribution in [-0.4, -0.2) is 18.2 Å². The van der Waals surface area contributed by atoms with Crippen molar-refractivity contribution >= 4 is 21.9 Å². The van der Waals surface area contributed by atoms with Crippen LogP contribution >= 0.6 is 15.9 Å². The van der Waals surface area contributed by atoms with Gasteiger partial charge in [-0.15, -0.1) is 0 Å². The molecule has 0 atom stereocenters. The van der Waals surface area contributed by atoms with Crippen molar-refractivity contribution in [3.05, 3.63) is 28.2 Å². The average molecular weight is 273 g/mol. The number of halogens is 1. The lowest BCUT2D eigenvalue weighted by Gasteiger charge is -2.21. The number of aliphatic carboxylic acids is 1. The van der Waals surface area contributed by atoms with E-state index in [1.807, 2.05) is 0 Å². The number of carbonyl (C=O) groups is 1. The van der Waals surface area contributed by atoms with Crippen LogP contribution in [0.2, 0.25) is 0 Å². The molecule has 4 heteroatoms. The number of hydrogen-bond donors (Lipinski definition) is 1. The molecular formula is C11H13BrO3. The lowest BCUT2D eigenvalue weighted by atomic mass is 9.85. The molecule has 1 aromatic rings. The van der Waals surface area contributed by atoms with Gasteiger partial charge in [0.2, 0.25) is 0 Å². The fraction of sp³-hybridized carbons (Fsp3) is 0.364. The highest BCUT2D eigenvalue weighted by Crippen LogP contribution is 2.32. The second-order valence-corrected chi connectivity index (χ2v) is 4.63. The van der Waals surface area contributed by atoms with Gasteiger partial charge in [0.15, 0.2) is 0 Å². The van der Waals surface area contributed by atoms with Crippen molar-refractivity contribution in [1.82, 2.24) is 0 Å². The molecule has 0 fully saturated rings. The van der Waals surface area contributed by atoms with Gasteiger partial charge in [0, 0.05) is 4.47 Å². The van der Waals surface area contributed by atoms with Crippen molar-refractivity contribution in [2.45, 2.75) is 19.3 Å². The molecule has 0 radical (unpaired) electrons. The fourth-order valence-corrected chi connectivity index (χ4v) is 2.10. The highest BCUT2D eigenvalue weighted by atomic mass is 79.9. The minimum atomic E-state index is -0.912. The van der Waals surface area contributed by atoms with Gasteiger partial charge in [0.05, 0.1) is 12.5 Å². The van der Waals surface area contributed by atoms with Crippen LogP contribution in [0, 0.1) is 0 Å². The van der Waals surface area contributed by atoms with Gasteiger partial charge >= 0.3 is 5.97 Å². The van der Waals surface area contributed by atoms with Crippen molar-refractivity contribution in [1.29, 1.82) is 0 Å². The molecule has 0 saturated heterocycles. The first-order valence-corrected chi connectivity index (χ1v) is 5.26.